The van der Waals surface area contributed by atoms with Crippen molar-refractivity contribution in [2.75, 3.05) is 6.54 Å². The maximum absolute atomic E-state index is 11.1. The minimum Gasteiger partial charge on any atom is -0.481 e. The van der Waals surface area contributed by atoms with E-state index in [1.807, 2.05) is 36.5 Å². The van der Waals surface area contributed by atoms with Gasteiger partial charge in [0.15, 0.2) is 0 Å². The number of carboxylic acids is 1. The van der Waals surface area contributed by atoms with Gasteiger partial charge in [0.2, 0.25) is 0 Å². The number of nitrogens with one attached hydrogen (secondary N) is 1. The van der Waals surface area contributed by atoms with E-state index in [-0.39, 0.29) is 0 Å². The minimum atomic E-state index is -0.801. The van der Waals surface area contributed by atoms with E-state index in [1.54, 1.807) is 24.7 Å². The van der Waals surface area contributed by atoms with Crippen molar-refractivity contribution < 1.29 is 9.90 Å². The second-order valence-electron chi connectivity index (χ2n) is 5.37. The zero-order chi connectivity index (χ0) is 14.6. The topological polar surface area (TPSA) is 67.2 Å². The van der Waals surface area contributed by atoms with Crippen LogP contribution in [0.3, 0.4) is 0 Å². The maximum atomic E-state index is 11.1. The molecule has 2 rings (SSSR count). The number of aromatic nitrogens is 2. The highest BCUT2D eigenvalue weighted by Gasteiger charge is 2.26. The first kappa shape index (κ1) is 14.3. The highest BCUT2D eigenvalue weighted by atomic mass is 16.4. The highest BCUT2D eigenvalue weighted by molar-refractivity contribution is 5.73. The van der Waals surface area contributed by atoms with Crippen LogP contribution < -0.4 is 5.32 Å². The van der Waals surface area contributed by atoms with Gasteiger partial charge in [-0.1, -0.05) is 18.2 Å². The summed E-state index contributed by atoms with van der Waals surface area (Å²) in [5.74, 6) is -0.801. The van der Waals surface area contributed by atoms with Crippen LogP contribution in [-0.4, -0.2) is 27.4 Å². The van der Waals surface area contributed by atoms with Crippen LogP contribution in [0, 0.1) is 5.41 Å². The molecule has 0 bridgehead atoms. The predicted octanol–water partition coefficient (Wildman–Crippen LogP) is 2.07. The normalized spacial score (nSPS) is 11.5. The lowest BCUT2D eigenvalue weighted by atomic mass is 9.94. The lowest BCUT2D eigenvalue weighted by Crippen LogP contribution is -2.35. The SMILES string of the molecule is CC(C)(CNCc1ccccc1-n1cccn1)C(=O)O. The number of rotatable bonds is 6. The van der Waals surface area contributed by atoms with Gasteiger partial charge in [0.05, 0.1) is 11.1 Å². The molecule has 0 spiro atoms. The van der Waals surface area contributed by atoms with Gasteiger partial charge in [0, 0.05) is 25.5 Å². The number of nitrogens with zero attached hydrogens (tertiary/aromatic N) is 2. The Labute approximate surface area is 118 Å². The van der Waals surface area contributed by atoms with Crippen molar-refractivity contribution in [3.63, 3.8) is 0 Å². The molecule has 1 aromatic heterocycles. The van der Waals surface area contributed by atoms with Crippen LogP contribution in [0.25, 0.3) is 5.69 Å². The second kappa shape index (κ2) is 5.88. The molecule has 0 atom stereocenters. The standard InChI is InChI=1S/C15H19N3O2/c1-15(2,14(19)20)11-16-10-12-6-3-4-7-13(12)18-9-5-8-17-18/h3-9,16H,10-11H2,1-2H3,(H,19,20). The van der Waals surface area contributed by atoms with Crippen LogP contribution in [0.15, 0.2) is 42.7 Å². The molecule has 0 saturated heterocycles. The molecule has 5 nitrogen and oxygen atoms in total. The third-order valence-electron chi connectivity index (χ3n) is 3.20. The van der Waals surface area contributed by atoms with E-state index in [0.29, 0.717) is 13.1 Å². The maximum Gasteiger partial charge on any atom is 0.310 e. The van der Waals surface area contributed by atoms with Gasteiger partial charge >= 0.3 is 5.97 Å². The Balaban J connectivity index is 2.06. The summed E-state index contributed by atoms with van der Waals surface area (Å²) in [4.78, 5) is 11.1. The van der Waals surface area contributed by atoms with Crippen molar-refractivity contribution in [3.05, 3.63) is 48.3 Å². The van der Waals surface area contributed by atoms with E-state index < -0.39 is 11.4 Å². The fourth-order valence-corrected chi connectivity index (χ4v) is 1.88. The predicted molar refractivity (Wildman–Crippen MR) is 76.7 cm³/mol. The molecule has 1 heterocycles. The molecule has 106 valence electrons. The summed E-state index contributed by atoms with van der Waals surface area (Å²) in [5.41, 5.74) is 1.30. The molecule has 20 heavy (non-hydrogen) atoms. The molecule has 0 amide bonds. The van der Waals surface area contributed by atoms with Gasteiger partial charge in [-0.3, -0.25) is 4.79 Å². The number of hydrogen-bond acceptors (Lipinski definition) is 3. The van der Waals surface area contributed by atoms with Gasteiger partial charge < -0.3 is 10.4 Å². The Kier molecular flexibility index (Phi) is 4.20. The van der Waals surface area contributed by atoms with E-state index in [2.05, 4.69) is 10.4 Å². The van der Waals surface area contributed by atoms with Gasteiger partial charge in [-0.15, -0.1) is 0 Å². The van der Waals surface area contributed by atoms with Crippen LogP contribution in [-0.2, 0) is 11.3 Å². The van der Waals surface area contributed by atoms with Crippen molar-refractivity contribution in [3.8, 4) is 5.69 Å². The second-order valence-corrected chi connectivity index (χ2v) is 5.37. The summed E-state index contributed by atoms with van der Waals surface area (Å²) in [6, 6.07) is 9.80. The van der Waals surface area contributed by atoms with Crippen molar-refractivity contribution in [2.45, 2.75) is 20.4 Å². The quantitative estimate of drug-likeness (QED) is 0.845. The van der Waals surface area contributed by atoms with Crippen LogP contribution in [0.4, 0.5) is 0 Å². The Hall–Kier alpha value is -2.14. The van der Waals surface area contributed by atoms with E-state index in [1.165, 1.54) is 0 Å². The number of carboxylic acid groups (broad SMARTS) is 1. The molecule has 0 fully saturated rings. The Morgan fingerprint density at radius 3 is 2.75 bits per heavy atom. The molecule has 0 unspecified atom stereocenters. The van der Waals surface area contributed by atoms with Gasteiger partial charge in [0.25, 0.3) is 0 Å². The summed E-state index contributed by atoms with van der Waals surface area (Å²) in [7, 11) is 0. The lowest BCUT2D eigenvalue weighted by molar-refractivity contribution is -0.146. The van der Waals surface area contributed by atoms with Crippen molar-refractivity contribution in [1.29, 1.82) is 0 Å². The fourth-order valence-electron chi connectivity index (χ4n) is 1.88. The van der Waals surface area contributed by atoms with Crippen molar-refractivity contribution in [1.82, 2.24) is 15.1 Å². The molecule has 1 aromatic carbocycles. The third kappa shape index (κ3) is 3.24. The molecule has 2 N–H and O–H groups in total. The molecule has 2 aromatic rings. The summed E-state index contributed by atoms with van der Waals surface area (Å²) in [6.45, 7) is 4.44. The van der Waals surface area contributed by atoms with Crippen LogP contribution >= 0.6 is 0 Å². The monoisotopic (exact) mass is 273 g/mol. The summed E-state index contributed by atoms with van der Waals surface area (Å²) < 4.78 is 1.80. The number of hydrogen-bond donors (Lipinski definition) is 2. The fraction of sp³-hybridized carbons (Fsp3) is 0.333. The van der Waals surface area contributed by atoms with Gasteiger partial charge in [0.1, 0.15) is 0 Å². The van der Waals surface area contributed by atoms with E-state index in [4.69, 9.17) is 5.11 Å². The average Bonchev–Trinajstić information content (AvgIpc) is 2.92. The van der Waals surface area contributed by atoms with Crippen LogP contribution in [0.1, 0.15) is 19.4 Å². The summed E-state index contributed by atoms with van der Waals surface area (Å²) in [5, 5.41) is 16.5. The number of carbonyl (C=O) groups is 1. The summed E-state index contributed by atoms with van der Waals surface area (Å²) in [6.07, 6.45) is 3.62. The first-order valence-corrected chi connectivity index (χ1v) is 6.53. The third-order valence-corrected chi connectivity index (χ3v) is 3.20. The van der Waals surface area contributed by atoms with Crippen LogP contribution in [0.2, 0.25) is 0 Å². The lowest BCUT2D eigenvalue weighted by Gasteiger charge is -2.20. The van der Waals surface area contributed by atoms with Crippen molar-refractivity contribution >= 4 is 5.97 Å². The zero-order valence-electron chi connectivity index (χ0n) is 11.7. The number of para-hydroxylation sites is 1. The highest BCUT2D eigenvalue weighted by Crippen LogP contribution is 2.16. The molecule has 0 saturated carbocycles. The molecular formula is C15H19N3O2. The molecule has 0 aliphatic heterocycles. The van der Waals surface area contributed by atoms with Crippen molar-refractivity contribution in [2.24, 2.45) is 5.41 Å². The molecule has 0 aliphatic rings. The van der Waals surface area contributed by atoms with Crippen LogP contribution in [0.5, 0.6) is 0 Å². The minimum absolute atomic E-state index is 0.412. The van der Waals surface area contributed by atoms with E-state index in [9.17, 15) is 4.79 Å². The summed E-state index contributed by atoms with van der Waals surface area (Å²) >= 11 is 0. The molecular weight excluding hydrogens is 254 g/mol. The smallest absolute Gasteiger partial charge is 0.310 e. The van der Waals surface area contributed by atoms with E-state index >= 15 is 0 Å². The first-order chi connectivity index (χ1) is 9.50. The van der Waals surface area contributed by atoms with Gasteiger partial charge in [-0.25, -0.2) is 4.68 Å². The van der Waals surface area contributed by atoms with E-state index in [0.717, 1.165) is 11.3 Å². The number of aliphatic carboxylic acids is 1. The first-order valence-electron chi connectivity index (χ1n) is 6.53. The van der Waals surface area contributed by atoms with Gasteiger partial charge in [-0.2, -0.15) is 5.10 Å². The molecule has 0 aliphatic carbocycles. The average molecular weight is 273 g/mol. The number of benzene rings is 1. The van der Waals surface area contributed by atoms with Gasteiger partial charge in [-0.05, 0) is 31.5 Å². The Morgan fingerprint density at radius 2 is 2.10 bits per heavy atom. The zero-order valence-corrected chi connectivity index (χ0v) is 11.7. The largest absolute Gasteiger partial charge is 0.481 e. The Bertz CT molecular complexity index is 577. The molecule has 0 radical (unpaired) electrons. The Morgan fingerprint density at radius 1 is 1.35 bits per heavy atom. The molecule has 5 heteroatoms.